The molecule has 4 saturated heterocycles. The smallest absolute Gasteiger partial charge is 0.473 e. The predicted molar refractivity (Wildman–Crippen MR) is 423 cm³/mol. The molecule has 4 fully saturated rings. The number of hydrogen-bond donors (Lipinski definition) is 7. The van der Waals surface area contributed by atoms with Gasteiger partial charge in [-0.25, -0.2) is 25.5 Å². The van der Waals surface area contributed by atoms with Crippen molar-refractivity contribution in [2.45, 2.75) is 175 Å². The minimum absolute atomic E-state index is 0.195. The largest absolute Gasteiger partial charge is 0.494 e. The third-order valence-corrected chi connectivity index (χ3v) is 18.1. The van der Waals surface area contributed by atoms with Gasteiger partial charge in [0.15, 0.2) is 0 Å². The molecule has 0 saturated carbocycles. The Balaban J connectivity index is 0.000000167. The van der Waals surface area contributed by atoms with Crippen LogP contribution in [0.25, 0.3) is 55.4 Å². The molecule has 6 aromatic heterocycles. The maximum Gasteiger partial charge on any atom is 0.494 e. The van der Waals surface area contributed by atoms with E-state index in [1.807, 2.05) is 192 Å². The van der Waals surface area contributed by atoms with Crippen molar-refractivity contribution >= 4 is 104 Å². The summed E-state index contributed by atoms with van der Waals surface area (Å²) >= 11 is 3.50. The normalized spacial score (nSPS) is 16.4. The molecule has 576 valence electrons. The molecule has 0 unspecified atom stereocenters. The molecular weight excluding hydrogens is 1430 g/mol. The predicted octanol–water partition coefficient (Wildman–Crippen LogP) is 10.2. The number of anilines is 3. The number of hydrazine groups is 2. The molecule has 0 spiro atoms. The molecule has 9 aromatic rings. The van der Waals surface area contributed by atoms with Gasteiger partial charge in [-0.3, -0.25) is 14.4 Å². The van der Waals surface area contributed by atoms with Crippen LogP contribution in [0.2, 0.25) is 0 Å². The van der Waals surface area contributed by atoms with Gasteiger partial charge >= 0.3 is 7.12 Å². The van der Waals surface area contributed by atoms with Crippen LogP contribution in [0, 0.1) is 0 Å². The van der Waals surface area contributed by atoms with Crippen LogP contribution >= 0.6 is 15.9 Å². The number of aryl methyl sites for hydroxylation is 3. The van der Waals surface area contributed by atoms with Crippen molar-refractivity contribution in [2.24, 2.45) is 26.2 Å². The van der Waals surface area contributed by atoms with Gasteiger partial charge in [0.05, 0.1) is 21.4 Å². The summed E-state index contributed by atoms with van der Waals surface area (Å²) in [4.78, 5) is 55.2. The molecule has 3 aromatic carbocycles. The van der Waals surface area contributed by atoms with E-state index in [2.05, 4.69) is 117 Å². The van der Waals surface area contributed by atoms with Crippen LogP contribution in [-0.2, 0) is 59.0 Å². The Kier molecular flexibility index (Phi) is 29.4. The highest BCUT2D eigenvalue weighted by Gasteiger charge is 2.51. The lowest BCUT2D eigenvalue weighted by Gasteiger charge is -2.32. The second kappa shape index (κ2) is 37.8. The van der Waals surface area contributed by atoms with E-state index >= 15 is 0 Å². The van der Waals surface area contributed by atoms with Crippen LogP contribution in [0.3, 0.4) is 0 Å². The summed E-state index contributed by atoms with van der Waals surface area (Å²) in [6.45, 7) is 31.9. The molecule has 5 aliphatic rings. The summed E-state index contributed by atoms with van der Waals surface area (Å²) in [6, 6.07) is 23.7. The van der Waals surface area contributed by atoms with Crippen molar-refractivity contribution in [1.82, 2.24) is 70.6 Å². The monoisotopic (exact) mass is 1540 g/mol. The molecule has 31 heteroatoms. The first-order valence-electron chi connectivity index (χ1n) is 35.8. The number of fused-ring (bicyclic) bond motifs is 3. The second-order valence-electron chi connectivity index (χ2n) is 30.0. The Morgan fingerprint density at radius 3 is 1.17 bits per heavy atom. The molecule has 0 amide bonds. The van der Waals surface area contributed by atoms with Gasteiger partial charge in [0.1, 0.15) is 93.5 Å². The van der Waals surface area contributed by atoms with E-state index in [0.29, 0.717) is 37.1 Å². The fourth-order valence-corrected chi connectivity index (χ4v) is 11.9. The van der Waals surface area contributed by atoms with Crippen LogP contribution < -0.4 is 63.2 Å². The molecular formula is C76H106BBrN18O11. The number of nitrogens with one attached hydrogen (secondary N) is 5. The number of benzene rings is 3. The Morgan fingerprint density at radius 1 is 0.495 bits per heavy atom. The van der Waals surface area contributed by atoms with E-state index in [1.165, 1.54) is 0 Å². The highest BCUT2D eigenvalue weighted by Crippen LogP contribution is 2.38. The number of hydrogen-bond acceptors (Lipinski definition) is 26. The number of halogens is 1. The molecule has 14 rings (SSSR count). The maximum atomic E-state index is 9.60. The number of aromatic nitrogens is 9. The highest BCUT2D eigenvalue weighted by molar-refractivity contribution is 9.10. The number of carbonyl (C=O) groups excluding carboxylic acids is 3. The van der Waals surface area contributed by atoms with Gasteiger partial charge in [-0.15, -0.1) is 5.53 Å². The molecule has 0 radical (unpaired) electrons. The Labute approximate surface area is 635 Å². The molecule has 0 bridgehead atoms. The number of hydrazone groups is 1. The SMILES string of the molecule is CC(C)(C)OC=O.CC(C)(C)OC=O.CC(C)(C)OC=O.CC1(C)OB(c2ccc(N)cc2)OC1(C)C.Cn1cc(-c2ccc(N)cc2)c2ncnc(OC3CCNCC3)c21.Cn1cc(-c2ccc(N3C=NNN3)cc2)c2ncnc(OC3CCNCC3)c21.Cn1cc(Br)c2ncnc(OC3CCNCC3)c21. The number of carbonyl (C=O) groups is 3. The van der Waals surface area contributed by atoms with Gasteiger partial charge in [0, 0.05) is 62.2 Å². The summed E-state index contributed by atoms with van der Waals surface area (Å²) < 4.78 is 51.0. The van der Waals surface area contributed by atoms with Crippen LogP contribution in [0.15, 0.2) is 120 Å². The first-order valence-corrected chi connectivity index (χ1v) is 36.6. The number of ether oxygens (including phenoxy) is 6. The first kappa shape index (κ1) is 83.1. The van der Waals surface area contributed by atoms with Gasteiger partial charge < -0.3 is 78.8 Å². The molecule has 0 aliphatic carbocycles. The van der Waals surface area contributed by atoms with Crippen molar-refractivity contribution in [3.63, 3.8) is 0 Å². The second-order valence-corrected chi connectivity index (χ2v) is 30.8. The first-order chi connectivity index (χ1) is 50.8. The van der Waals surface area contributed by atoms with E-state index in [-0.39, 0.29) is 53.4 Å². The highest BCUT2D eigenvalue weighted by atomic mass is 79.9. The van der Waals surface area contributed by atoms with Crippen molar-refractivity contribution in [3.8, 4) is 39.9 Å². The van der Waals surface area contributed by atoms with Crippen molar-refractivity contribution < 1.29 is 52.1 Å². The van der Waals surface area contributed by atoms with E-state index in [4.69, 9.17) is 35.0 Å². The summed E-state index contributed by atoms with van der Waals surface area (Å²) in [5.74, 6) is 2.00. The minimum atomic E-state index is -0.318. The average molecular weight is 1540 g/mol. The van der Waals surface area contributed by atoms with Gasteiger partial charge in [-0.2, -0.15) is 20.1 Å². The summed E-state index contributed by atoms with van der Waals surface area (Å²) in [5.41, 5.74) is 28.8. The van der Waals surface area contributed by atoms with E-state index < -0.39 is 0 Å². The molecule has 107 heavy (non-hydrogen) atoms. The zero-order valence-electron chi connectivity index (χ0n) is 64.4. The molecule has 11 heterocycles. The zero-order chi connectivity index (χ0) is 77.7. The van der Waals surface area contributed by atoms with Crippen LogP contribution in [0.4, 0.5) is 17.1 Å². The summed E-state index contributed by atoms with van der Waals surface area (Å²) in [5, 5.41) is 15.8. The zero-order valence-corrected chi connectivity index (χ0v) is 66.0. The standard InChI is InChI=1S/C19H22N8O.C18H21N5O.C12H18BNO2.C12H15BrN4O.3C5H10O2/c1-26-10-16(13-2-4-14(5-3-13)27-12-23-24-25-27)17-18(26)19(22-11-21-17)28-15-6-8-20-9-7-15;1-23-10-15(12-2-4-13(19)5-3-12)16-17(23)18(22-11-21-16)24-14-6-8-20-9-7-14;1-11(2)12(3,4)16-13(15-11)9-5-7-10(14)8-6-9;1-17-6-9(13)10-11(17)12(16-7-15-10)18-8-2-4-14-5-3-8;3*1-5(2,3)7-4-6/h2-5,10-12,15,20,24-25H,6-9H2,1H3;2-5,10-11,14,20H,6-9,19H2,1H3;5-8H,14H2,1-4H3;6-8,14H,2-5H2,1H3;3*4H,1-3H3. The van der Waals surface area contributed by atoms with E-state index in [0.717, 1.165) is 160 Å². The lowest BCUT2D eigenvalue weighted by atomic mass is 9.79. The third kappa shape index (κ3) is 24.3. The van der Waals surface area contributed by atoms with Gasteiger partial charge in [-0.05, 0) is 237 Å². The summed E-state index contributed by atoms with van der Waals surface area (Å²) in [7, 11) is 5.69. The maximum absolute atomic E-state index is 9.60. The minimum Gasteiger partial charge on any atom is -0.473 e. The Bertz CT molecular complexity index is 4260. The number of nitrogen functional groups attached to an aromatic ring is 2. The van der Waals surface area contributed by atoms with Crippen molar-refractivity contribution in [3.05, 3.63) is 115 Å². The number of piperidine rings is 3. The Hall–Kier alpha value is -9.50. The van der Waals surface area contributed by atoms with Crippen LogP contribution in [-0.4, -0.2) is 162 Å². The lowest BCUT2D eigenvalue weighted by molar-refractivity contribution is -0.139. The molecule has 5 aliphatic heterocycles. The molecule has 0 atom stereocenters. The van der Waals surface area contributed by atoms with E-state index in [1.54, 1.807) is 30.3 Å². The van der Waals surface area contributed by atoms with Gasteiger partial charge in [-0.1, -0.05) is 36.4 Å². The third-order valence-electron chi connectivity index (χ3n) is 17.6. The quantitative estimate of drug-likeness (QED) is 0.0244. The average Bonchev–Trinajstić information content (AvgIpc) is 1.65. The molecule has 29 nitrogen and oxygen atoms in total. The number of nitrogens with zero attached hydrogens (tertiary/aromatic N) is 11. The fraction of sp³-hybridized carbons (Fsp3) is 0.474. The number of rotatable bonds is 13. The lowest BCUT2D eigenvalue weighted by Crippen LogP contribution is -2.41. The Morgan fingerprint density at radius 2 is 0.832 bits per heavy atom. The summed E-state index contributed by atoms with van der Waals surface area (Å²) in [6.07, 6.45) is 19.2. The van der Waals surface area contributed by atoms with Gasteiger partial charge in [0.25, 0.3) is 19.4 Å². The van der Waals surface area contributed by atoms with Crippen molar-refractivity contribution in [1.29, 1.82) is 0 Å². The van der Waals surface area contributed by atoms with Crippen LogP contribution in [0.1, 0.15) is 129 Å². The van der Waals surface area contributed by atoms with E-state index in [9.17, 15) is 14.4 Å². The molecule has 9 N–H and O–H groups in total. The number of nitrogens with two attached hydrogens (primary N) is 2. The van der Waals surface area contributed by atoms with Crippen molar-refractivity contribution in [2.75, 3.05) is 55.7 Å². The topological polar surface area (TPSA) is 345 Å². The fourth-order valence-electron chi connectivity index (χ4n) is 11.3. The van der Waals surface area contributed by atoms with Gasteiger partial charge in [0.2, 0.25) is 17.6 Å². The van der Waals surface area contributed by atoms with Crippen LogP contribution in [0.5, 0.6) is 17.6 Å².